The zero-order chi connectivity index (χ0) is 8.85. The van der Waals surface area contributed by atoms with Crippen molar-refractivity contribution in [1.29, 1.82) is 0 Å². The van der Waals surface area contributed by atoms with E-state index in [2.05, 4.69) is 4.74 Å². The van der Waals surface area contributed by atoms with Crippen molar-refractivity contribution in [1.82, 2.24) is 0 Å². The molecular formula is C8H14O3. The molecule has 1 atom stereocenters. The molecule has 0 spiro atoms. The number of esters is 1. The second-order valence-electron chi connectivity index (χ2n) is 2.74. The number of Topliss-reactive ketones (excluding diaryl/α,β-unsaturated/α-hetero) is 1. The van der Waals surface area contributed by atoms with Crippen LogP contribution in [0.3, 0.4) is 0 Å². The van der Waals surface area contributed by atoms with Crippen molar-refractivity contribution in [2.45, 2.75) is 27.2 Å². The summed E-state index contributed by atoms with van der Waals surface area (Å²) >= 11 is 0. The lowest BCUT2D eigenvalue weighted by Gasteiger charge is -2.02. The normalized spacial score (nSPS) is 12.3. The molecule has 0 aromatic carbocycles. The van der Waals surface area contributed by atoms with Gasteiger partial charge in [-0.2, -0.15) is 0 Å². The van der Waals surface area contributed by atoms with Gasteiger partial charge in [-0.3, -0.25) is 4.79 Å². The zero-order valence-corrected chi connectivity index (χ0v) is 7.22. The average Bonchev–Trinajstić information content (AvgIpc) is 1.86. The van der Waals surface area contributed by atoms with E-state index in [0.29, 0.717) is 0 Å². The predicted molar refractivity (Wildman–Crippen MR) is 41.1 cm³/mol. The van der Waals surface area contributed by atoms with Crippen LogP contribution in [0.2, 0.25) is 0 Å². The molecule has 0 aromatic heterocycles. The standard InChI is InChI=1S/C8H14O3/c1-4-11-8(10)7(9)5-6(2)3/h6H,4-5H2,1-3H3/i2+1/t6-/m0/s1. The molecule has 0 saturated carbocycles. The Balaban J connectivity index is 3.74. The van der Waals surface area contributed by atoms with Gasteiger partial charge >= 0.3 is 5.97 Å². The molecule has 0 saturated heterocycles. The summed E-state index contributed by atoms with van der Waals surface area (Å²) < 4.78 is 4.52. The summed E-state index contributed by atoms with van der Waals surface area (Å²) in [7, 11) is 0. The largest absolute Gasteiger partial charge is 0.460 e. The smallest absolute Gasteiger partial charge is 0.374 e. The van der Waals surface area contributed by atoms with E-state index in [1.165, 1.54) is 0 Å². The molecular weight excluding hydrogens is 145 g/mol. The van der Waals surface area contributed by atoms with E-state index >= 15 is 0 Å². The fourth-order valence-electron chi connectivity index (χ4n) is 0.666. The molecule has 0 aliphatic heterocycles. The van der Waals surface area contributed by atoms with Crippen LogP contribution in [-0.2, 0) is 14.3 Å². The molecule has 0 amide bonds. The molecule has 3 heteroatoms. The summed E-state index contributed by atoms with van der Waals surface area (Å²) in [6.45, 7) is 5.72. The van der Waals surface area contributed by atoms with Crippen LogP contribution >= 0.6 is 0 Å². The van der Waals surface area contributed by atoms with Crippen molar-refractivity contribution in [2.24, 2.45) is 5.92 Å². The molecule has 0 unspecified atom stereocenters. The van der Waals surface area contributed by atoms with Crippen molar-refractivity contribution in [3.63, 3.8) is 0 Å². The Bertz CT molecular complexity index is 149. The van der Waals surface area contributed by atoms with Gasteiger partial charge in [0.05, 0.1) is 6.61 Å². The monoisotopic (exact) mass is 159 g/mol. The Kier molecular flexibility index (Phi) is 4.50. The molecule has 0 aromatic rings. The summed E-state index contributed by atoms with van der Waals surface area (Å²) in [6.07, 6.45) is 0.277. The predicted octanol–water partition coefficient (Wildman–Crippen LogP) is 1.16. The van der Waals surface area contributed by atoms with E-state index in [1.54, 1.807) is 6.92 Å². The van der Waals surface area contributed by atoms with Crippen LogP contribution in [0.15, 0.2) is 0 Å². The molecule has 0 N–H and O–H groups in total. The summed E-state index contributed by atoms with van der Waals surface area (Å²) in [6, 6.07) is 0. The quantitative estimate of drug-likeness (QED) is 0.351. The first-order chi connectivity index (χ1) is 5.07. The van der Waals surface area contributed by atoms with Crippen LogP contribution < -0.4 is 0 Å². The number of rotatable bonds is 4. The average molecular weight is 159 g/mol. The number of carbonyl (C=O) groups excluding carboxylic acids is 2. The molecule has 0 radical (unpaired) electrons. The molecule has 3 nitrogen and oxygen atoms in total. The Hall–Kier alpha value is -0.860. The Labute approximate surface area is 66.7 Å². The van der Waals surface area contributed by atoms with Crippen LogP contribution in [0.4, 0.5) is 0 Å². The molecule has 0 aliphatic carbocycles. The van der Waals surface area contributed by atoms with Crippen molar-refractivity contribution < 1.29 is 14.3 Å². The molecule has 11 heavy (non-hydrogen) atoms. The van der Waals surface area contributed by atoms with Crippen LogP contribution in [0.25, 0.3) is 0 Å². The zero-order valence-electron chi connectivity index (χ0n) is 7.22. The van der Waals surface area contributed by atoms with Gasteiger partial charge in [-0.05, 0) is 12.8 Å². The number of ketones is 1. The van der Waals surface area contributed by atoms with Gasteiger partial charge in [0.15, 0.2) is 0 Å². The molecule has 0 fully saturated rings. The lowest BCUT2D eigenvalue weighted by Crippen LogP contribution is -2.18. The van der Waals surface area contributed by atoms with Crippen molar-refractivity contribution in [3.8, 4) is 0 Å². The van der Waals surface area contributed by atoms with Crippen LogP contribution in [0.1, 0.15) is 27.2 Å². The van der Waals surface area contributed by atoms with Crippen LogP contribution in [0, 0.1) is 5.92 Å². The summed E-state index contributed by atoms with van der Waals surface area (Å²) in [5, 5.41) is 0. The minimum atomic E-state index is -0.707. The first kappa shape index (κ1) is 10.1. The molecule has 0 bridgehead atoms. The summed E-state index contributed by atoms with van der Waals surface area (Å²) in [4.78, 5) is 21.6. The molecule has 0 heterocycles. The minimum Gasteiger partial charge on any atom is -0.460 e. The van der Waals surface area contributed by atoms with Crippen molar-refractivity contribution >= 4 is 11.8 Å². The highest BCUT2D eigenvalue weighted by Crippen LogP contribution is 2.00. The van der Waals surface area contributed by atoms with Gasteiger partial charge < -0.3 is 4.74 Å². The number of ether oxygens (including phenoxy) is 1. The fraction of sp³-hybridized carbons (Fsp3) is 0.750. The Morgan fingerprint density at radius 2 is 1.91 bits per heavy atom. The number of carbonyl (C=O) groups is 2. The van der Waals surface area contributed by atoms with Gasteiger partial charge in [-0.25, -0.2) is 4.79 Å². The van der Waals surface area contributed by atoms with Crippen LogP contribution in [-0.4, -0.2) is 18.4 Å². The van der Waals surface area contributed by atoms with Crippen molar-refractivity contribution in [2.75, 3.05) is 6.61 Å². The van der Waals surface area contributed by atoms with E-state index in [-0.39, 0.29) is 18.9 Å². The maximum atomic E-state index is 10.9. The second kappa shape index (κ2) is 4.88. The Morgan fingerprint density at radius 3 is 2.27 bits per heavy atom. The number of hydrogen-bond donors (Lipinski definition) is 0. The first-order valence-corrected chi connectivity index (χ1v) is 3.77. The maximum Gasteiger partial charge on any atom is 0.374 e. The third kappa shape index (κ3) is 4.53. The molecule has 64 valence electrons. The van der Waals surface area contributed by atoms with E-state index in [1.807, 2.05) is 13.8 Å². The third-order valence-corrected chi connectivity index (χ3v) is 1.10. The Morgan fingerprint density at radius 1 is 1.36 bits per heavy atom. The summed E-state index contributed by atoms with van der Waals surface area (Å²) in [5.41, 5.74) is 0. The van der Waals surface area contributed by atoms with E-state index in [9.17, 15) is 9.59 Å². The van der Waals surface area contributed by atoms with E-state index < -0.39 is 11.8 Å². The van der Waals surface area contributed by atoms with Crippen molar-refractivity contribution in [3.05, 3.63) is 0 Å². The lowest BCUT2D eigenvalue weighted by molar-refractivity contribution is -0.153. The highest BCUT2D eigenvalue weighted by Gasteiger charge is 2.15. The van der Waals surface area contributed by atoms with Gasteiger partial charge in [0, 0.05) is 6.42 Å². The van der Waals surface area contributed by atoms with Gasteiger partial charge in [-0.15, -0.1) is 0 Å². The highest BCUT2D eigenvalue weighted by molar-refractivity contribution is 6.33. The second-order valence-corrected chi connectivity index (χ2v) is 2.74. The molecule has 0 aliphatic rings. The van der Waals surface area contributed by atoms with E-state index in [0.717, 1.165) is 0 Å². The first-order valence-electron chi connectivity index (χ1n) is 3.77. The fourth-order valence-corrected chi connectivity index (χ4v) is 0.666. The van der Waals surface area contributed by atoms with Gasteiger partial charge in [0.2, 0.25) is 5.78 Å². The van der Waals surface area contributed by atoms with Crippen LogP contribution in [0.5, 0.6) is 0 Å². The molecule has 0 rings (SSSR count). The van der Waals surface area contributed by atoms with Gasteiger partial charge in [0.1, 0.15) is 0 Å². The van der Waals surface area contributed by atoms with Gasteiger partial charge in [0.25, 0.3) is 0 Å². The SMILES string of the molecule is CCOC(=O)C(=O)C[C@H](C)[13CH3]. The highest BCUT2D eigenvalue weighted by atomic mass is 16.5. The number of hydrogen-bond acceptors (Lipinski definition) is 3. The summed E-state index contributed by atoms with van der Waals surface area (Å²) in [5.74, 6) is -0.921. The lowest BCUT2D eigenvalue weighted by atomic mass is 10.1. The van der Waals surface area contributed by atoms with Gasteiger partial charge in [-0.1, -0.05) is 13.8 Å². The minimum absolute atomic E-state index is 0.215. The van der Waals surface area contributed by atoms with E-state index in [4.69, 9.17) is 0 Å². The maximum absolute atomic E-state index is 10.9. The third-order valence-electron chi connectivity index (χ3n) is 1.10. The topological polar surface area (TPSA) is 43.4 Å².